The highest BCUT2D eigenvalue weighted by Gasteiger charge is 2.08. The fourth-order valence-electron chi connectivity index (χ4n) is 2.98. The molecular formula is C19H32N4. The fourth-order valence-corrected chi connectivity index (χ4v) is 2.98. The number of nitrogens with one attached hydrogen (secondary N) is 2. The van der Waals surface area contributed by atoms with Crippen LogP contribution in [0.5, 0.6) is 0 Å². The lowest BCUT2D eigenvalue weighted by molar-refractivity contribution is 0.282. The zero-order valence-electron chi connectivity index (χ0n) is 14.8. The highest BCUT2D eigenvalue weighted by molar-refractivity contribution is 5.79. The molecule has 0 atom stereocenters. The summed E-state index contributed by atoms with van der Waals surface area (Å²) in [4.78, 5) is 6.91. The SMILES string of the molecule is CN=C(NCCCN1CCCCCC1)NCc1ccc(C)cc1. The van der Waals surface area contributed by atoms with Crippen molar-refractivity contribution in [2.75, 3.05) is 33.2 Å². The Morgan fingerprint density at radius 2 is 1.74 bits per heavy atom. The molecule has 0 unspecified atom stereocenters. The van der Waals surface area contributed by atoms with Crippen LogP contribution in [0.4, 0.5) is 0 Å². The maximum atomic E-state index is 4.30. The van der Waals surface area contributed by atoms with E-state index in [1.165, 1.54) is 62.9 Å². The quantitative estimate of drug-likeness (QED) is 0.481. The topological polar surface area (TPSA) is 39.7 Å². The van der Waals surface area contributed by atoms with Gasteiger partial charge in [0.15, 0.2) is 5.96 Å². The number of hydrogen-bond acceptors (Lipinski definition) is 2. The molecule has 23 heavy (non-hydrogen) atoms. The lowest BCUT2D eigenvalue weighted by atomic mass is 10.1. The van der Waals surface area contributed by atoms with Gasteiger partial charge in [0.2, 0.25) is 0 Å². The Labute approximate surface area is 141 Å². The first-order chi connectivity index (χ1) is 11.3. The van der Waals surface area contributed by atoms with E-state index in [0.717, 1.165) is 19.0 Å². The van der Waals surface area contributed by atoms with E-state index in [1.54, 1.807) is 0 Å². The van der Waals surface area contributed by atoms with Crippen molar-refractivity contribution in [1.82, 2.24) is 15.5 Å². The van der Waals surface area contributed by atoms with Gasteiger partial charge in [-0.3, -0.25) is 4.99 Å². The maximum Gasteiger partial charge on any atom is 0.191 e. The van der Waals surface area contributed by atoms with Gasteiger partial charge in [-0.1, -0.05) is 42.7 Å². The average molecular weight is 316 g/mol. The number of aryl methyl sites for hydroxylation is 1. The van der Waals surface area contributed by atoms with Crippen LogP contribution in [0.1, 0.15) is 43.2 Å². The summed E-state index contributed by atoms with van der Waals surface area (Å²) in [7, 11) is 1.83. The summed E-state index contributed by atoms with van der Waals surface area (Å²) in [6, 6.07) is 8.62. The summed E-state index contributed by atoms with van der Waals surface area (Å²) in [5.41, 5.74) is 2.58. The van der Waals surface area contributed by atoms with Gasteiger partial charge in [0.25, 0.3) is 0 Å². The van der Waals surface area contributed by atoms with Gasteiger partial charge in [-0.25, -0.2) is 0 Å². The minimum Gasteiger partial charge on any atom is -0.356 e. The number of likely N-dealkylation sites (tertiary alicyclic amines) is 1. The molecule has 0 spiro atoms. The van der Waals surface area contributed by atoms with Crippen LogP contribution in [0.25, 0.3) is 0 Å². The molecule has 2 N–H and O–H groups in total. The zero-order chi connectivity index (χ0) is 16.3. The second-order valence-corrected chi connectivity index (χ2v) is 6.45. The third-order valence-corrected chi connectivity index (χ3v) is 4.45. The summed E-state index contributed by atoms with van der Waals surface area (Å²) in [5, 5.41) is 6.80. The summed E-state index contributed by atoms with van der Waals surface area (Å²) >= 11 is 0. The Morgan fingerprint density at radius 3 is 2.39 bits per heavy atom. The molecular weight excluding hydrogens is 284 g/mol. The largest absolute Gasteiger partial charge is 0.356 e. The van der Waals surface area contributed by atoms with Crippen molar-refractivity contribution in [1.29, 1.82) is 0 Å². The summed E-state index contributed by atoms with van der Waals surface area (Å²) in [6.07, 6.45) is 6.72. The summed E-state index contributed by atoms with van der Waals surface area (Å²) in [6.45, 7) is 7.65. The lowest BCUT2D eigenvalue weighted by Gasteiger charge is -2.20. The normalized spacial score (nSPS) is 16.9. The Bertz CT molecular complexity index is 459. The van der Waals surface area contributed by atoms with Gasteiger partial charge in [0.05, 0.1) is 0 Å². The molecule has 2 rings (SSSR count). The van der Waals surface area contributed by atoms with Gasteiger partial charge < -0.3 is 15.5 Å². The number of rotatable bonds is 6. The lowest BCUT2D eigenvalue weighted by Crippen LogP contribution is -2.38. The van der Waals surface area contributed by atoms with E-state index in [-0.39, 0.29) is 0 Å². The van der Waals surface area contributed by atoms with Crippen LogP contribution >= 0.6 is 0 Å². The van der Waals surface area contributed by atoms with Crippen LogP contribution in [-0.2, 0) is 6.54 Å². The van der Waals surface area contributed by atoms with Crippen molar-refractivity contribution in [2.45, 2.75) is 45.6 Å². The van der Waals surface area contributed by atoms with Crippen LogP contribution in [0.15, 0.2) is 29.3 Å². The molecule has 4 nitrogen and oxygen atoms in total. The smallest absolute Gasteiger partial charge is 0.191 e. The molecule has 128 valence electrons. The Hall–Kier alpha value is -1.55. The third kappa shape index (κ3) is 7.04. The number of aliphatic imine (C=N–C) groups is 1. The standard InChI is InChI=1S/C19H32N4/c1-17-8-10-18(11-9-17)16-22-19(20-2)21-12-7-15-23-13-5-3-4-6-14-23/h8-11H,3-7,12-16H2,1-2H3,(H2,20,21,22). The minimum atomic E-state index is 0.812. The molecule has 1 aromatic carbocycles. The molecule has 0 saturated carbocycles. The molecule has 0 aliphatic carbocycles. The van der Waals surface area contributed by atoms with E-state index < -0.39 is 0 Å². The van der Waals surface area contributed by atoms with Crippen molar-refractivity contribution < 1.29 is 0 Å². The monoisotopic (exact) mass is 316 g/mol. The second kappa shape index (κ2) is 10.3. The maximum absolute atomic E-state index is 4.30. The van der Waals surface area contributed by atoms with Gasteiger partial charge >= 0.3 is 0 Å². The first-order valence-electron chi connectivity index (χ1n) is 9.00. The number of guanidine groups is 1. The number of hydrogen-bond donors (Lipinski definition) is 2. The predicted octanol–water partition coefficient (Wildman–Crippen LogP) is 2.93. The van der Waals surface area contributed by atoms with Crippen molar-refractivity contribution in [3.05, 3.63) is 35.4 Å². The predicted molar refractivity (Wildman–Crippen MR) is 98.9 cm³/mol. The van der Waals surface area contributed by atoms with E-state index in [9.17, 15) is 0 Å². The molecule has 1 aromatic rings. The highest BCUT2D eigenvalue weighted by Crippen LogP contribution is 2.09. The molecule has 1 heterocycles. The molecule has 1 aliphatic rings. The fraction of sp³-hybridized carbons (Fsp3) is 0.632. The van der Waals surface area contributed by atoms with Gasteiger partial charge in [-0.15, -0.1) is 0 Å². The van der Waals surface area contributed by atoms with Crippen LogP contribution in [0.3, 0.4) is 0 Å². The van der Waals surface area contributed by atoms with Gasteiger partial charge in [0, 0.05) is 20.1 Å². The Morgan fingerprint density at radius 1 is 1.04 bits per heavy atom. The Kier molecular flexibility index (Phi) is 7.95. The van der Waals surface area contributed by atoms with Crippen molar-refractivity contribution >= 4 is 5.96 Å². The second-order valence-electron chi connectivity index (χ2n) is 6.45. The minimum absolute atomic E-state index is 0.812. The van der Waals surface area contributed by atoms with Gasteiger partial charge in [-0.05, 0) is 51.4 Å². The van der Waals surface area contributed by atoms with Gasteiger partial charge in [0.1, 0.15) is 0 Å². The zero-order valence-corrected chi connectivity index (χ0v) is 14.8. The molecule has 4 heteroatoms. The van der Waals surface area contributed by atoms with E-state index in [2.05, 4.69) is 51.7 Å². The Balaban J connectivity index is 1.61. The van der Waals surface area contributed by atoms with E-state index in [0.29, 0.717) is 0 Å². The number of nitrogens with zero attached hydrogens (tertiary/aromatic N) is 2. The van der Waals surface area contributed by atoms with Crippen LogP contribution in [0, 0.1) is 6.92 Å². The van der Waals surface area contributed by atoms with Crippen molar-refractivity contribution in [3.63, 3.8) is 0 Å². The summed E-state index contributed by atoms with van der Waals surface area (Å²) in [5.74, 6) is 0.890. The molecule has 0 radical (unpaired) electrons. The first-order valence-corrected chi connectivity index (χ1v) is 9.00. The van der Waals surface area contributed by atoms with Crippen molar-refractivity contribution in [2.24, 2.45) is 4.99 Å². The first kappa shape index (κ1) is 17.8. The molecule has 0 bridgehead atoms. The molecule has 1 aliphatic heterocycles. The van der Waals surface area contributed by atoms with Crippen LogP contribution < -0.4 is 10.6 Å². The highest BCUT2D eigenvalue weighted by atomic mass is 15.2. The van der Waals surface area contributed by atoms with E-state index in [4.69, 9.17) is 0 Å². The average Bonchev–Trinajstić information content (AvgIpc) is 2.84. The number of benzene rings is 1. The van der Waals surface area contributed by atoms with E-state index in [1.807, 2.05) is 7.05 Å². The molecule has 0 amide bonds. The third-order valence-electron chi connectivity index (χ3n) is 4.45. The van der Waals surface area contributed by atoms with Crippen molar-refractivity contribution in [3.8, 4) is 0 Å². The van der Waals surface area contributed by atoms with Crippen LogP contribution in [0.2, 0.25) is 0 Å². The van der Waals surface area contributed by atoms with Crippen LogP contribution in [-0.4, -0.2) is 44.1 Å². The molecule has 0 aromatic heterocycles. The molecule has 1 saturated heterocycles. The van der Waals surface area contributed by atoms with Gasteiger partial charge in [-0.2, -0.15) is 0 Å². The van der Waals surface area contributed by atoms with E-state index >= 15 is 0 Å². The summed E-state index contributed by atoms with van der Waals surface area (Å²) < 4.78 is 0. The molecule has 1 fully saturated rings.